The van der Waals surface area contributed by atoms with Crippen LogP contribution < -0.4 is 0 Å². The minimum absolute atomic E-state index is 0.0106. The summed E-state index contributed by atoms with van der Waals surface area (Å²) in [5.74, 6) is -0.405. The van der Waals surface area contributed by atoms with Crippen molar-refractivity contribution in [3.63, 3.8) is 0 Å². The summed E-state index contributed by atoms with van der Waals surface area (Å²) in [6, 6.07) is 4.88. The summed E-state index contributed by atoms with van der Waals surface area (Å²) in [6.07, 6.45) is 0. The highest BCUT2D eigenvalue weighted by Crippen LogP contribution is 2.28. The SMILES string of the molecule is C[C@@H]1C(=O)N2CCN(S(=O)(=O)c3ccccc3Cl)C[C@H]2C(=O)N1C. The number of piperazine rings is 2. The fraction of sp³-hybridized carbons (Fsp3) is 0.467. The van der Waals surface area contributed by atoms with Gasteiger partial charge in [0.15, 0.2) is 0 Å². The Hall–Kier alpha value is -1.64. The largest absolute Gasteiger partial charge is 0.332 e. The third kappa shape index (κ3) is 2.58. The molecule has 0 aliphatic carbocycles. The molecule has 2 aliphatic heterocycles. The number of sulfonamides is 1. The molecule has 2 saturated heterocycles. The number of rotatable bonds is 2. The molecule has 3 rings (SSSR count). The third-order valence-electron chi connectivity index (χ3n) is 4.65. The second-order valence-corrected chi connectivity index (χ2v) is 8.28. The van der Waals surface area contributed by atoms with Crippen LogP contribution in [-0.4, -0.2) is 73.1 Å². The Bertz CT molecular complexity index is 798. The lowest BCUT2D eigenvalue weighted by molar-refractivity contribution is -0.161. The van der Waals surface area contributed by atoms with Crippen molar-refractivity contribution < 1.29 is 18.0 Å². The van der Waals surface area contributed by atoms with Crippen LogP contribution in [0.25, 0.3) is 0 Å². The Morgan fingerprint density at radius 1 is 1.12 bits per heavy atom. The fourth-order valence-electron chi connectivity index (χ4n) is 3.08. The van der Waals surface area contributed by atoms with E-state index >= 15 is 0 Å². The van der Waals surface area contributed by atoms with Gasteiger partial charge in [-0.3, -0.25) is 9.59 Å². The Labute approximate surface area is 145 Å². The van der Waals surface area contributed by atoms with E-state index in [1.807, 2.05) is 0 Å². The second-order valence-electron chi connectivity index (χ2n) is 5.97. The lowest BCUT2D eigenvalue weighted by atomic mass is 10.0. The number of nitrogens with zero attached hydrogens (tertiary/aromatic N) is 3. The Balaban J connectivity index is 1.91. The number of hydrogen-bond donors (Lipinski definition) is 0. The number of carbonyl (C=O) groups excluding carboxylic acids is 2. The molecule has 2 heterocycles. The van der Waals surface area contributed by atoms with Gasteiger partial charge in [-0.05, 0) is 19.1 Å². The van der Waals surface area contributed by atoms with Crippen molar-refractivity contribution in [1.29, 1.82) is 0 Å². The first-order chi connectivity index (χ1) is 11.2. The molecular formula is C15H18ClN3O4S. The van der Waals surface area contributed by atoms with E-state index in [9.17, 15) is 18.0 Å². The quantitative estimate of drug-likeness (QED) is 0.754. The number of likely N-dealkylation sites (N-methyl/N-ethyl adjacent to an activating group) is 1. The van der Waals surface area contributed by atoms with Crippen molar-refractivity contribution in [3.8, 4) is 0 Å². The van der Waals surface area contributed by atoms with Gasteiger partial charge in [-0.2, -0.15) is 4.31 Å². The molecule has 0 unspecified atom stereocenters. The summed E-state index contributed by atoms with van der Waals surface area (Å²) in [5, 5.41) is 0.136. The van der Waals surface area contributed by atoms with Gasteiger partial charge in [-0.25, -0.2) is 8.42 Å². The van der Waals surface area contributed by atoms with Gasteiger partial charge in [0.25, 0.3) is 0 Å². The topological polar surface area (TPSA) is 78.0 Å². The van der Waals surface area contributed by atoms with Crippen molar-refractivity contribution >= 4 is 33.4 Å². The zero-order valence-corrected chi connectivity index (χ0v) is 14.9. The molecule has 0 saturated carbocycles. The predicted molar refractivity (Wildman–Crippen MR) is 87.9 cm³/mol. The van der Waals surface area contributed by atoms with E-state index < -0.39 is 22.1 Å². The van der Waals surface area contributed by atoms with Crippen molar-refractivity contribution in [2.24, 2.45) is 0 Å². The molecule has 24 heavy (non-hydrogen) atoms. The van der Waals surface area contributed by atoms with Gasteiger partial charge in [-0.1, -0.05) is 23.7 Å². The molecule has 2 aliphatic rings. The molecule has 1 aromatic rings. The van der Waals surface area contributed by atoms with E-state index in [0.717, 1.165) is 0 Å². The van der Waals surface area contributed by atoms with Crippen molar-refractivity contribution in [2.45, 2.75) is 23.9 Å². The molecule has 7 nitrogen and oxygen atoms in total. The number of benzene rings is 1. The smallest absolute Gasteiger partial charge is 0.247 e. The minimum Gasteiger partial charge on any atom is -0.332 e. The first-order valence-corrected chi connectivity index (χ1v) is 9.39. The molecular weight excluding hydrogens is 354 g/mol. The first kappa shape index (κ1) is 17.2. The van der Waals surface area contributed by atoms with Gasteiger partial charge in [0.1, 0.15) is 17.0 Å². The maximum absolute atomic E-state index is 12.8. The van der Waals surface area contributed by atoms with E-state index in [-0.39, 0.29) is 41.4 Å². The molecule has 2 fully saturated rings. The first-order valence-electron chi connectivity index (χ1n) is 7.57. The summed E-state index contributed by atoms with van der Waals surface area (Å²) < 4.78 is 26.9. The maximum atomic E-state index is 12.8. The van der Waals surface area contributed by atoms with E-state index in [1.165, 1.54) is 26.2 Å². The minimum atomic E-state index is -3.82. The number of carbonyl (C=O) groups is 2. The van der Waals surface area contributed by atoms with Crippen LogP contribution in [-0.2, 0) is 19.6 Å². The van der Waals surface area contributed by atoms with Gasteiger partial charge in [0, 0.05) is 26.7 Å². The van der Waals surface area contributed by atoms with Gasteiger partial charge in [0.2, 0.25) is 21.8 Å². The highest BCUT2D eigenvalue weighted by Gasteiger charge is 2.47. The molecule has 0 N–H and O–H groups in total. The van der Waals surface area contributed by atoms with Crippen molar-refractivity contribution in [1.82, 2.24) is 14.1 Å². The van der Waals surface area contributed by atoms with Gasteiger partial charge >= 0.3 is 0 Å². The van der Waals surface area contributed by atoms with Gasteiger partial charge < -0.3 is 9.80 Å². The molecule has 0 spiro atoms. The molecule has 130 valence electrons. The van der Waals surface area contributed by atoms with E-state index in [0.29, 0.717) is 0 Å². The summed E-state index contributed by atoms with van der Waals surface area (Å²) in [5.41, 5.74) is 0. The number of fused-ring (bicyclic) bond motifs is 1. The summed E-state index contributed by atoms with van der Waals surface area (Å²) in [7, 11) is -2.26. The van der Waals surface area contributed by atoms with Crippen LogP contribution in [0.2, 0.25) is 5.02 Å². The Morgan fingerprint density at radius 3 is 2.46 bits per heavy atom. The van der Waals surface area contributed by atoms with E-state index in [4.69, 9.17) is 11.6 Å². The fourth-order valence-corrected chi connectivity index (χ4v) is 5.01. The third-order valence-corrected chi connectivity index (χ3v) is 7.02. The van der Waals surface area contributed by atoms with Gasteiger partial charge in [-0.15, -0.1) is 0 Å². The van der Waals surface area contributed by atoms with Crippen LogP contribution in [0.15, 0.2) is 29.2 Å². The van der Waals surface area contributed by atoms with E-state index in [1.54, 1.807) is 26.1 Å². The maximum Gasteiger partial charge on any atom is 0.247 e. The molecule has 2 atom stereocenters. The molecule has 1 aromatic carbocycles. The van der Waals surface area contributed by atoms with E-state index in [2.05, 4.69) is 0 Å². The molecule has 0 radical (unpaired) electrons. The van der Waals surface area contributed by atoms with Crippen LogP contribution in [0.4, 0.5) is 0 Å². The predicted octanol–water partition coefficient (Wildman–Crippen LogP) is 0.402. The van der Waals surface area contributed by atoms with Crippen LogP contribution in [0, 0.1) is 0 Å². The normalized spacial score (nSPS) is 25.8. The van der Waals surface area contributed by atoms with Crippen LogP contribution in [0.3, 0.4) is 0 Å². The highest BCUT2D eigenvalue weighted by atomic mass is 35.5. The van der Waals surface area contributed by atoms with Crippen LogP contribution >= 0.6 is 11.6 Å². The highest BCUT2D eigenvalue weighted by molar-refractivity contribution is 7.89. The number of amides is 2. The van der Waals surface area contributed by atoms with Crippen molar-refractivity contribution in [3.05, 3.63) is 29.3 Å². The molecule has 9 heteroatoms. The standard InChI is InChI=1S/C15H18ClN3O4S/c1-10-14(20)19-8-7-18(9-12(19)15(21)17(10)2)24(22,23)13-6-4-3-5-11(13)16/h3-6,10,12H,7-9H2,1-2H3/t10-,12+/m1/s1. The average molecular weight is 372 g/mol. The lowest BCUT2D eigenvalue weighted by Crippen LogP contribution is -2.69. The van der Waals surface area contributed by atoms with Crippen molar-refractivity contribution in [2.75, 3.05) is 26.7 Å². The summed E-state index contributed by atoms with van der Waals surface area (Å²) >= 11 is 6.01. The molecule has 2 amide bonds. The van der Waals surface area contributed by atoms with Gasteiger partial charge in [0.05, 0.1) is 5.02 Å². The summed E-state index contributed by atoms with van der Waals surface area (Å²) in [6.45, 7) is 1.94. The lowest BCUT2D eigenvalue weighted by Gasteiger charge is -2.47. The molecule has 0 aromatic heterocycles. The van der Waals surface area contributed by atoms with Crippen LogP contribution in [0.5, 0.6) is 0 Å². The Morgan fingerprint density at radius 2 is 1.79 bits per heavy atom. The molecule has 0 bridgehead atoms. The summed E-state index contributed by atoms with van der Waals surface area (Å²) in [4.78, 5) is 27.7. The van der Waals surface area contributed by atoms with Crippen LogP contribution in [0.1, 0.15) is 6.92 Å². The average Bonchev–Trinajstić information content (AvgIpc) is 2.57. The monoisotopic (exact) mass is 371 g/mol. The zero-order chi connectivity index (χ0) is 17.6. The number of hydrogen-bond acceptors (Lipinski definition) is 4. The Kier molecular flexibility index (Phi) is 4.31. The number of halogens is 1. The zero-order valence-electron chi connectivity index (χ0n) is 13.3. The second kappa shape index (κ2) is 6.02.